The highest BCUT2D eigenvalue weighted by Crippen LogP contribution is 2.27. The second kappa shape index (κ2) is 16.3. The van der Waals surface area contributed by atoms with Gasteiger partial charge < -0.3 is 10.2 Å². The van der Waals surface area contributed by atoms with Gasteiger partial charge in [-0.1, -0.05) is 97.1 Å². The van der Waals surface area contributed by atoms with Gasteiger partial charge in [-0.2, -0.15) is 0 Å². The molecular formula is C39H45N3O4S2. The highest BCUT2D eigenvalue weighted by molar-refractivity contribution is 7.98. The number of aryl methyl sites for hydroxylation is 2. The Bertz CT molecular complexity index is 1760. The maximum absolute atomic E-state index is 14.7. The molecule has 5 rings (SSSR count). The minimum absolute atomic E-state index is 0.0505. The van der Waals surface area contributed by atoms with Crippen molar-refractivity contribution in [2.24, 2.45) is 0 Å². The molecule has 1 aliphatic carbocycles. The zero-order chi connectivity index (χ0) is 34.1. The highest BCUT2D eigenvalue weighted by atomic mass is 32.2. The van der Waals surface area contributed by atoms with Crippen molar-refractivity contribution in [2.45, 2.75) is 80.8 Å². The molecule has 0 bridgehead atoms. The molecule has 9 heteroatoms. The summed E-state index contributed by atoms with van der Waals surface area (Å²) in [6, 6.07) is 30.5. The van der Waals surface area contributed by atoms with E-state index in [-0.39, 0.29) is 23.4 Å². The van der Waals surface area contributed by atoms with Crippen LogP contribution >= 0.6 is 11.8 Å². The summed E-state index contributed by atoms with van der Waals surface area (Å²) in [5, 5.41) is 3.26. The zero-order valence-electron chi connectivity index (χ0n) is 28.0. The van der Waals surface area contributed by atoms with E-state index in [0.717, 1.165) is 59.3 Å². The van der Waals surface area contributed by atoms with Crippen molar-refractivity contribution in [3.05, 3.63) is 125 Å². The first-order valence-electron chi connectivity index (χ1n) is 16.6. The maximum atomic E-state index is 14.7. The third-order valence-electron chi connectivity index (χ3n) is 8.94. The number of anilines is 1. The quantitative estimate of drug-likeness (QED) is 0.150. The monoisotopic (exact) mass is 683 g/mol. The summed E-state index contributed by atoms with van der Waals surface area (Å²) < 4.78 is 29.8. The summed E-state index contributed by atoms with van der Waals surface area (Å²) in [5.74, 6) is -0.677. The third kappa shape index (κ3) is 9.08. The van der Waals surface area contributed by atoms with Crippen molar-refractivity contribution in [1.29, 1.82) is 0 Å². The van der Waals surface area contributed by atoms with Crippen LogP contribution < -0.4 is 9.62 Å². The Kier molecular flexibility index (Phi) is 12.0. The number of benzene rings is 4. The minimum Gasteiger partial charge on any atom is -0.352 e. The van der Waals surface area contributed by atoms with Crippen LogP contribution in [0, 0.1) is 13.8 Å². The summed E-state index contributed by atoms with van der Waals surface area (Å²) in [4.78, 5) is 31.5. The number of amides is 2. The standard InChI is InChI=1S/C39H45N3O4S2/c1-29-14-18-32(19-15-29)27-41(37(26-31-10-6-4-7-11-31)39(44)40-33-12-8-5-9-13-33)38(43)28-42(34-20-16-30(2)17-21-34)48(45,46)36-24-22-35(47-3)23-25-36/h4,6-7,10-11,14-25,33,37H,5,8-9,12-13,26-28H2,1-3H3,(H,40,44). The Morgan fingerprint density at radius 2 is 1.40 bits per heavy atom. The molecule has 252 valence electrons. The van der Waals surface area contributed by atoms with Crippen molar-refractivity contribution in [3.63, 3.8) is 0 Å². The smallest absolute Gasteiger partial charge is 0.264 e. The largest absolute Gasteiger partial charge is 0.352 e. The first-order chi connectivity index (χ1) is 23.1. The molecule has 1 aliphatic rings. The van der Waals surface area contributed by atoms with Gasteiger partial charge in [0.25, 0.3) is 10.0 Å². The average molecular weight is 684 g/mol. The SMILES string of the molecule is CSc1ccc(S(=O)(=O)N(CC(=O)N(Cc2ccc(C)cc2)C(Cc2ccccc2)C(=O)NC2CCCCC2)c2ccc(C)cc2)cc1. The predicted molar refractivity (Wildman–Crippen MR) is 195 cm³/mol. The molecule has 0 aliphatic heterocycles. The van der Waals surface area contributed by atoms with E-state index >= 15 is 0 Å². The van der Waals surface area contributed by atoms with E-state index in [1.807, 2.05) is 86.8 Å². The topological polar surface area (TPSA) is 86.8 Å². The van der Waals surface area contributed by atoms with Crippen molar-refractivity contribution >= 4 is 39.3 Å². The molecule has 48 heavy (non-hydrogen) atoms. The predicted octanol–water partition coefficient (Wildman–Crippen LogP) is 7.31. The van der Waals surface area contributed by atoms with Crippen LogP contribution in [0.4, 0.5) is 5.69 Å². The molecule has 2 amide bonds. The van der Waals surface area contributed by atoms with Crippen molar-refractivity contribution in [2.75, 3.05) is 17.1 Å². The molecule has 0 saturated heterocycles. The van der Waals surface area contributed by atoms with Gasteiger partial charge >= 0.3 is 0 Å². The number of sulfonamides is 1. The van der Waals surface area contributed by atoms with E-state index < -0.39 is 28.5 Å². The van der Waals surface area contributed by atoms with Crippen LogP contribution in [0.25, 0.3) is 0 Å². The Morgan fingerprint density at radius 3 is 2.00 bits per heavy atom. The molecule has 1 fully saturated rings. The first kappa shape index (κ1) is 35.2. The Labute approximate surface area is 289 Å². The number of thioether (sulfide) groups is 1. The lowest BCUT2D eigenvalue weighted by molar-refractivity contribution is -0.140. The molecule has 1 saturated carbocycles. The summed E-state index contributed by atoms with van der Waals surface area (Å²) >= 11 is 1.52. The van der Waals surface area contributed by atoms with Crippen LogP contribution in [0.2, 0.25) is 0 Å². The fraction of sp³-hybridized carbons (Fsp3) is 0.333. The van der Waals surface area contributed by atoms with Crippen molar-refractivity contribution < 1.29 is 18.0 Å². The number of hydrogen-bond acceptors (Lipinski definition) is 5. The molecule has 7 nitrogen and oxygen atoms in total. The van der Waals surface area contributed by atoms with Gasteiger partial charge in [0.15, 0.2) is 0 Å². The second-order valence-electron chi connectivity index (χ2n) is 12.6. The zero-order valence-corrected chi connectivity index (χ0v) is 29.6. The number of rotatable bonds is 13. The molecular weight excluding hydrogens is 639 g/mol. The molecule has 0 spiro atoms. The number of carbonyl (C=O) groups excluding carboxylic acids is 2. The summed E-state index contributed by atoms with van der Waals surface area (Å²) in [5.41, 5.74) is 4.20. The van der Waals surface area contributed by atoms with Crippen LogP contribution in [0.15, 0.2) is 113 Å². The van der Waals surface area contributed by atoms with Gasteiger partial charge in [-0.05, 0) is 80.5 Å². The van der Waals surface area contributed by atoms with Gasteiger partial charge in [0.1, 0.15) is 12.6 Å². The van der Waals surface area contributed by atoms with Gasteiger partial charge in [-0.15, -0.1) is 11.8 Å². The van der Waals surface area contributed by atoms with Crippen LogP contribution in [-0.4, -0.2) is 50.0 Å². The molecule has 1 unspecified atom stereocenters. The number of nitrogens with one attached hydrogen (secondary N) is 1. The Balaban J connectivity index is 1.55. The van der Waals surface area contributed by atoms with Crippen LogP contribution in [0.3, 0.4) is 0 Å². The van der Waals surface area contributed by atoms with Crippen LogP contribution in [-0.2, 0) is 32.6 Å². The van der Waals surface area contributed by atoms with Gasteiger partial charge in [0, 0.05) is 23.9 Å². The lowest BCUT2D eigenvalue weighted by Gasteiger charge is -2.35. The Morgan fingerprint density at radius 1 is 0.792 bits per heavy atom. The van der Waals surface area contributed by atoms with Crippen molar-refractivity contribution in [3.8, 4) is 0 Å². The van der Waals surface area contributed by atoms with Crippen LogP contribution in [0.5, 0.6) is 0 Å². The summed E-state index contributed by atoms with van der Waals surface area (Å²) in [7, 11) is -4.15. The molecule has 1 N–H and O–H groups in total. The normalized spacial score (nSPS) is 14.2. The molecule has 4 aromatic carbocycles. The molecule has 0 aromatic heterocycles. The number of hydrogen-bond donors (Lipinski definition) is 1. The van der Waals surface area contributed by atoms with Gasteiger partial charge in [0.2, 0.25) is 11.8 Å². The third-order valence-corrected chi connectivity index (χ3v) is 11.5. The van der Waals surface area contributed by atoms with E-state index in [1.165, 1.54) is 16.1 Å². The molecule has 1 atom stereocenters. The lowest BCUT2D eigenvalue weighted by Crippen LogP contribution is -2.55. The molecule has 0 heterocycles. The van der Waals surface area contributed by atoms with Gasteiger partial charge in [0.05, 0.1) is 10.6 Å². The Hall–Kier alpha value is -4.08. The first-order valence-corrected chi connectivity index (χ1v) is 19.2. The van der Waals surface area contributed by atoms with E-state index in [1.54, 1.807) is 41.3 Å². The van der Waals surface area contributed by atoms with E-state index in [0.29, 0.717) is 12.1 Å². The fourth-order valence-corrected chi connectivity index (χ4v) is 7.93. The van der Waals surface area contributed by atoms with Crippen LogP contribution in [0.1, 0.15) is 54.4 Å². The summed E-state index contributed by atoms with van der Waals surface area (Å²) in [6.45, 7) is 3.61. The van der Waals surface area contributed by atoms with Gasteiger partial charge in [-0.25, -0.2) is 8.42 Å². The molecule has 0 radical (unpaired) electrons. The average Bonchev–Trinajstić information content (AvgIpc) is 3.10. The fourth-order valence-electron chi connectivity index (χ4n) is 6.10. The van der Waals surface area contributed by atoms with Crippen molar-refractivity contribution in [1.82, 2.24) is 10.2 Å². The summed E-state index contributed by atoms with van der Waals surface area (Å²) in [6.07, 6.45) is 7.31. The minimum atomic E-state index is -4.15. The highest BCUT2D eigenvalue weighted by Gasteiger charge is 2.35. The maximum Gasteiger partial charge on any atom is 0.264 e. The van der Waals surface area contributed by atoms with E-state index in [2.05, 4.69) is 5.32 Å². The lowest BCUT2D eigenvalue weighted by atomic mass is 9.94. The van der Waals surface area contributed by atoms with Gasteiger partial charge in [-0.3, -0.25) is 13.9 Å². The second-order valence-corrected chi connectivity index (χ2v) is 15.3. The van der Waals surface area contributed by atoms with E-state index in [4.69, 9.17) is 0 Å². The number of carbonyl (C=O) groups is 2. The molecule has 4 aromatic rings. The van der Waals surface area contributed by atoms with E-state index in [9.17, 15) is 18.0 Å². The number of nitrogens with zero attached hydrogens (tertiary/aromatic N) is 2.